The van der Waals surface area contributed by atoms with Crippen LogP contribution in [0.4, 0.5) is 5.69 Å². The molecule has 0 bridgehead atoms. The van der Waals surface area contributed by atoms with Gasteiger partial charge >= 0.3 is 0 Å². The van der Waals surface area contributed by atoms with Crippen molar-refractivity contribution in [2.75, 3.05) is 11.4 Å². The summed E-state index contributed by atoms with van der Waals surface area (Å²) < 4.78 is 0. The highest BCUT2D eigenvalue weighted by Gasteiger charge is 2.41. The first kappa shape index (κ1) is 27.6. The summed E-state index contributed by atoms with van der Waals surface area (Å²) in [6, 6.07) is 14.3. The maximum absolute atomic E-state index is 14.5. The quantitative estimate of drug-likeness (QED) is 0.390. The van der Waals surface area contributed by atoms with Gasteiger partial charge in [-0.05, 0) is 54.2 Å². The standard InChI is InChI=1S/C33H39N5O2/c1-33(2,3)24-15-17-26(18-16-24)38(32(40)29-14-9-19-37(29)22-34)30(31(39)36-25-11-5-4-6-12-25)28-21-35-20-23-10-7-8-13-27(23)28/h7-8,10,13,15-18,20-21,25,29-30H,4-6,9,11-12,14,19H2,1-3H3,(H,36,39). The number of amides is 2. The Morgan fingerprint density at radius 3 is 2.42 bits per heavy atom. The van der Waals surface area contributed by atoms with Crippen LogP contribution in [0.25, 0.3) is 10.8 Å². The molecule has 2 aliphatic rings. The van der Waals surface area contributed by atoms with Gasteiger partial charge in [0.1, 0.15) is 12.1 Å². The monoisotopic (exact) mass is 537 g/mol. The van der Waals surface area contributed by atoms with Gasteiger partial charge in [-0.25, -0.2) is 0 Å². The molecular weight excluding hydrogens is 498 g/mol. The summed E-state index contributed by atoms with van der Waals surface area (Å²) in [5.74, 6) is -0.445. The van der Waals surface area contributed by atoms with Gasteiger partial charge in [0, 0.05) is 41.6 Å². The zero-order valence-electron chi connectivity index (χ0n) is 23.8. The van der Waals surface area contributed by atoms with E-state index >= 15 is 0 Å². The highest BCUT2D eigenvalue weighted by Crippen LogP contribution is 2.36. The molecule has 1 aliphatic carbocycles. The number of pyridine rings is 1. The summed E-state index contributed by atoms with van der Waals surface area (Å²) in [6.07, 6.45) is 12.3. The average Bonchev–Trinajstić information content (AvgIpc) is 3.45. The largest absolute Gasteiger partial charge is 0.351 e. The molecule has 208 valence electrons. The van der Waals surface area contributed by atoms with Crippen LogP contribution in [-0.4, -0.2) is 40.3 Å². The fraction of sp³-hybridized carbons (Fsp3) is 0.455. The van der Waals surface area contributed by atoms with Gasteiger partial charge in [0.15, 0.2) is 6.19 Å². The van der Waals surface area contributed by atoms with Crippen molar-refractivity contribution in [3.8, 4) is 6.19 Å². The van der Waals surface area contributed by atoms with E-state index in [1.807, 2.05) is 48.5 Å². The Hall–Kier alpha value is -3.92. The lowest BCUT2D eigenvalue weighted by Gasteiger charge is -2.36. The van der Waals surface area contributed by atoms with Crippen LogP contribution in [0.1, 0.15) is 82.9 Å². The molecule has 0 spiro atoms. The lowest BCUT2D eigenvalue weighted by Crippen LogP contribution is -2.51. The van der Waals surface area contributed by atoms with Crippen LogP contribution < -0.4 is 10.2 Å². The summed E-state index contributed by atoms with van der Waals surface area (Å²) in [5.41, 5.74) is 2.40. The molecule has 1 aromatic heterocycles. The van der Waals surface area contributed by atoms with E-state index in [0.29, 0.717) is 24.2 Å². The number of fused-ring (bicyclic) bond motifs is 1. The van der Waals surface area contributed by atoms with E-state index < -0.39 is 12.1 Å². The van der Waals surface area contributed by atoms with Crippen LogP contribution in [0.15, 0.2) is 60.9 Å². The zero-order chi connectivity index (χ0) is 28.3. The van der Waals surface area contributed by atoms with Crippen molar-refractivity contribution in [2.45, 2.75) is 89.3 Å². The number of carbonyl (C=O) groups is 2. The molecule has 2 aromatic carbocycles. The van der Waals surface area contributed by atoms with Gasteiger partial charge in [0.25, 0.3) is 5.91 Å². The average molecular weight is 538 g/mol. The Balaban J connectivity index is 1.66. The molecule has 2 fully saturated rings. The van der Waals surface area contributed by atoms with Crippen molar-refractivity contribution in [2.24, 2.45) is 0 Å². The number of nitriles is 1. The van der Waals surface area contributed by atoms with Crippen LogP contribution in [0, 0.1) is 11.5 Å². The molecule has 1 saturated heterocycles. The topological polar surface area (TPSA) is 89.3 Å². The second kappa shape index (κ2) is 11.7. The smallest absolute Gasteiger partial charge is 0.251 e. The van der Waals surface area contributed by atoms with Gasteiger partial charge < -0.3 is 5.32 Å². The third-order valence-electron chi connectivity index (χ3n) is 8.37. The molecule has 5 rings (SSSR count). The molecule has 2 amide bonds. The van der Waals surface area contributed by atoms with Crippen LogP contribution >= 0.6 is 0 Å². The van der Waals surface area contributed by atoms with Gasteiger partial charge in [-0.1, -0.05) is 76.4 Å². The molecule has 3 aromatic rings. The number of rotatable bonds is 6. The molecule has 1 saturated carbocycles. The lowest BCUT2D eigenvalue weighted by atomic mass is 9.87. The van der Waals surface area contributed by atoms with E-state index in [2.05, 4.69) is 37.3 Å². The number of hydrogen-bond donors (Lipinski definition) is 1. The van der Waals surface area contributed by atoms with Crippen molar-refractivity contribution in [3.05, 3.63) is 72.1 Å². The highest BCUT2D eigenvalue weighted by molar-refractivity contribution is 6.05. The number of carbonyl (C=O) groups excluding carboxylic acids is 2. The number of benzene rings is 2. The molecule has 2 atom stereocenters. The third kappa shape index (κ3) is 5.67. The number of anilines is 1. The minimum Gasteiger partial charge on any atom is -0.351 e. The summed E-state index contributed by atoms with van der Waals surface area (Å²) >= 11 is 0. The van der Waals surface area contributed by atoms with Crippen LogP contribution in [0.2, 0.25) is 0 Å². The summed E-state index contributed by atoms with van der Waals surface area (Å²) in [4.78, 5) is 36.5. The van der Waals surface area contributed by atoms with Crippen molar-refractivity contribution in [3.63, 3.8) is 0 Å². The van der Waals surface area contributed by atoms with Crippen LogP contribution in [-0.2, 0) is 15.0 Å². The van der Waals surface area contributed by atoms with E-state index in [1.165, 1.54) is 6.42 Å². The number of nitrogens with zero attached hydrogens (tertiary/aromatic N) is 4. The normalized spacial score (nSPS) is 18.8. The first-order chi connectivity index (χ1) is 19.3. The maximum Gasteiger partial charge on any atom is 0.251 e. The van der Waals surface area contributed by atoms with Crippen LogP contribution in [0.5, 0.6) is 0 Å². The van der Waals surface area contributed by atoms with E-state index in [-0.39, 0.29) is 23.3 Å². The number of likely N-dealkylation sites (tertiary alicyclic amines) is 1. The van der Waals surface area contributed by atoms with Gasteiger partial charge in [0.05, 0.1) is 0 Å². The molecule has 7 nitrogen and oxygen atoms in total. The summed E-state index contributed by atoms with van der Waals surface area (Å²) in [6.45, 7) is 6.99. The van der Waals surface area contributed by atoms with E-state index in [0.717, 1.165) is 48.4 Å². The molecule has 2 heterocycles. The van der Waals surface area contributed by atoms with Gasteiger partial charge in [-0.15, -0.1) is 0 Å². The molecule has 7 heteroatoms. The Kier molecular flexibility index (Phi) is 8.07. The minimum atomic E-state index is -0.936. The lowest BCUT2D eigenvalue weighted by molar-refractivity contribution is -0.128. The van der Waals surface area contributed by atoms with E-state index in [1.54, 1.807) is 22.2 Å². The zero-order valence-corrected chi connectivity index (χ0v) is 23.8. The maximum atomic E-state index is 14.5. The highest BCUT2D eigenvalue weighted by atomic mass is 16.2. The number of nitrogens with one attached hydrogen (secondary N) is 1. The molecule has 0 radical (unpaired) electrons. The van der Waals surface area contributed by atoms with E-state index in [9.17, 15) is 14.9 Å². The summed E-state index contributed by atoms with van der Waals surface area (Å²) in [7, 11) is 0. The molecule has 1 aliphatic heterocycles. The summed E-state index contributed by atoms with van der Waals surface area (Å²) in [5, 5.41) is 14.9. The SMILES string of the molecule is CC(C)(C)c1ccc(N(C(=O)C2CCCN2C#N)C(C(=O)NC2CCCCC2)c2cncc3ccccc23)cc1. The molecule has 40 heavy (non-hydrogen) atoms. The molecular formula is C33H39N5O2. The van der Waals surface area contributed by atoms with Crippen molar-refractivity contribution < 1.29 is 9.59 Å². The first-order valence-corrected chi connectivity index (χ1v) is 14.5. The van der Waals surface area contributed by atoms with Crippen molar-refractivity contribution in [1.29, 1.82) is 5.26 Å². The fourth-order valence-corrected chi connectivity index (χ4v) is 6.11. The molecule has 1 N–H and O–H groups in total. The van der Waals surface area contributed by atoms with Crippen molar-refractivity contribution in [1.82, 2.24) is 15.2 Å². The second-order valence-electron chi connectivity index (χ2n) is 12.2. The van der Waals surface area contributed by atoms with E-state index in [4.69, 9.17) is 0 Å². The first-order valence-electron chi connectivity index (χ1n) is 14.5. The van der Waals surface area contributed by atoms with Crippen molar-refractivity contribution >= 4 is 28.3 Å². The number of hydrogen-bond acceptors (Lipinski definition) is 5. The molecule has 2 unspecified atom stereocenters. The Bertz CT molecular complexity index is 1390. The third-order valence-corrected chi connectivity index (χ3v) is 8.37. The fourth-order valence-electron chi connectivity index (χ4n) is 6.11. The number of aromatic nitrogens is 1. The van der Waals surface area contributed by atoms with Gasteiger partial charge in [-0.2, -0.15) is 5.26 Å². The van der Waals surface area contributed by atoms with Crippen LogP contribution in [0.3, 0.4) is 0 Å². The Labute approximate surface area is 237 Å². The Morgan fingerprint density at radius 1 is 1.00 bits per heavy atom. The predicted molar refractivity (Wildman–Crippen MR) is 157 cm³/mol. The Morgan fingerprint density at radius 2 is 1.73 bits per heavy atom. The van der Waals surface area contributed by atoms with Gasteiger partial charge in [-0.3, -0.25) is 24.4 Å². The second-order valence-corrected chi connectivity index (χ2v) is 12.2. The minimum absolute atomic E-state index is 0.0618. The predicted octanol–water partition coefficient (Wildman–Crippen LogP) is 6.00. The van der Waals surface area contributed by atoms with Gasteiger partial charge in [0.2, 0.25) is 5.91 Å².